The average Bonchev–Trinajstić information content (AvgIpc) is 3.40. The lowest BCUT2D eigenvalue weighted by molar-refractivity contribution is 0.571. The molecule has 3 aromatic heterocycles. The number of nitrogens with zero attached hydrogens (tertiary/aromatic N) is 3. The number of furan rings is 1. The average molecular weight is 475 g/mol. The van der Waals surface area contributed by atoms with E-state index in [1.165, 1.54) is 15.9 Å². The SMILES string of the molecule is O=c1/c(=C/c2ccc(-c3ccccc3Cl)o2)sc2nc(-c3ccc(Cl)cc3Cl)nn12. The molecule has 0 aliphatic heterocycles. The Bertz CT molecular complexity index is 1520. The normalized spacial score (nSPS) is 12.2. The van der Waals surface area contributed by atoms with Crippen molar-refractivity contribution in [3.8, 4) is 22.7 Å². The monoisotopic (exact) mass is 473 g/mol. The second-order valence-corrected chi connectivity index (χ2v) is 8.61. The lowest BCUT2D eigenvalue weighted by Crippen LogP contribution is -2.23. The molecule has 0 aliphatic carbocycles. The number of benzene rings is 2. The number of thiazole rings is 1. The predicted octanol–water partition coefficient (Wildman–Crippen LogP) is 5.59. The van der Waals surface area contributed by atoms with Gasteiger partial charge in [0, 0.05) is 22.2 Å². The summed E-state index contributed by atoms with van der Waals surface area (Å²) in [7, 11) is 0. The molecule has 5 aromatic rings. The van der Waals surface area contributed by atoms with E-state index in [2.05, 4.69) is 10.1 Å². The van der Waals surface area contributed by atoms with Crippen molar-refractivity contribution in [2.75, 3.05) is 0 Å². The van der Waals surface area contributed by atoms with Crippen LogP contribution in [0.4, 0.5) is 0 Å². The van der Waals surface area contributed by atoms with E-state index >= 15 is 0 Å². The van der Waals surface area contributed by atoms with Crippen LogP contribution >= 0.6 is 46.1 Å². The molecule has 0 aliphatic rings. The second kappa shape index (κ2) is 7.56. The van der Waals surface area contributed by atoms with Crippen molar-refractivity contribution in [1.82, 2.24) is 14.6 Å². The van der Waals surface area contributed by atoms with Crippen LogP contribution in [0.1, 0.15) is 5.76 Å². The van der Waals surface area contributed by atoms with Gasteiger partial charge in [-0.1, -0.05) is 58.3 Å². The van der Waals surface area contributed by atoms with Crippen molar-refractivity contribution in [3.05, 3.63) is 90.3 Å². The number of rotatable bonds is 3. The van der Waals surface area contributed by atoms with Gasteiger partial charge in [-0.25, -0.2) is 0 Å². The Morgan fingerprint density at radius 3 is 2.57 bits per heavy atom. The van der Waals surface area contributed by atoms with Crippen molar-refractivity contribution in [2.45, 2.75) is 0 Å². The Morgan fingerprint density at radius 2 is 1.80 bits per heavy atom. The third-order valence-corrected chi connectivity index (χ3v) is 6.23. The zero-order valence-corrected chi connectivity index (χ0v) is 18.1. The fourth-order valence-corrected chi connectivity index (χ4v) is 4.59. The molecule has 0 atom stereocenters. The molecular formula is C21H10Cl3N3O2S. The molecule has 2 aromatic carbocycles. The maximum atomic E-state index is 12.8. The van der Waals surface area contributed by atoms with E-state index in [0.29, 0.717) is 47.5 Å². The molecule has 5 nitrogen and oxygen atoms in total. The summed E-state index contributed by atoms with van der Waals surface area (Å²) in [4.78, 5) is 17.7. The molecule has 0 amide bonds. The summed E-state index contributed by atoms with van der Waals surface area (Å²) in [6, 6.07) is 16.0. The minimum absolute atomic E-state index is 0.283. The first kappa shape index (κ1) is 19.3. The Morgan fingerprint density at radius 1 is 0.967 bits per heavy atom. The van der Waals surface area contributed by atoms with Gasteiger partial charge in [-0.15, -0.1) is 5.10 Å². The molecule has 0 saturated carbocycles. The molecule has 5 rings (SSSR count). The molecule has 0 bridgehead atoms. The molecule has 0 fully saturated rings. The van der Waals surface area contributed by atoms with Crippen molar-refractivity contribution >= 4 is 57.2 Å². The van der Waals surface area contributed by atoms with Crippen LogP contribution in [0.15, 0.2) is 63.8 Å². The molecule has 30 heavy (non-hydrogen) atoms. The van der Waals surface area contributed by atoms with Gasteiger partial charge in [-0.05, 0) is 42.5 Å². The van der Waals surface area contributed by atoms with Gasteiger partial charge < -0.3 is 4.42 Å². The lowest BCUT2D eigenvalue weighted by atomic mass is 10.2. The van der Waals surface area contributed by atoms with Crippen molar-refractivity contribution in [1.29, 1.82) is 0 Å². The number of fused-ring (bicyclic) bond motifs is 1. The Labute approximate surface area is 188 Å². The highest BCUT2D eigenvalue weighted by atomic mass is 35.5. The quantitative estimate of drug-likeness (QED) is 0.342. The van der Waals surface area contributed by atoms with Gasteiger partial charge in [-0.3, -0.25) is 4.79 Å². The smallest absolute Gasteiger partial charge is 0.291 e. The second-order valence-electron chi connectivity index (χ2n) is 6.35. The van der Waals surface area contributed by atoms with Crippen LogP contribution in [0.5, 0.6) is 0 Å². The van der Waals surface area contributed by atoms with Gasteiger partial charge in [0.05, 0.1) is 10.0 Å². The first-order chi connectivity index (χ1) is 14.5. The zero-order chi connectivity index (χ0) is 20.8. The number of hydrogen-bond donors (Lipinski definition) is 0. The molecule has 0 spiro atoms. The van der Waals surface area contributed by atoms with Gasteiger partial charge in [0.1, 0.15) is 16.1 Å². The highest BCUT2D eigenvalue weighted by Gasteiger charge is 2.15. The maximum absolute atomic E-state index is 12.8. The number of aromatic nitrogens is 3. The fourth-order valence-electron chi connectivity index (χ4n) is 2.98. The molecule has 0 radical (unpaired) electrons. The third-order valence-electron chi connectivity index (χ3n) is 4.39. The van der Waals surface area contributed by atoms with Crippen molar-refractivity contribution in [3.63, 3.8) is 0 Å². The largest absolute Gasteiger partial charge is 0.457 e. The summed E-state index contributed by atoms with van der Waals surface area (Å²) in [5.41, 5.74) is 1.11. The van der Waals surface area contributed by atoms with Crippen molar-refractivity contribution in [2.24, 2.45) is 0 Å². The molecule has 9 heteroatoms. The highest BCUT2D eigenvalue weighted by Crippen LogP contribution is 2.30. The topological polar surface area (TPSA) is 60.4 Å². The van der Waals surface area contributed by atoms with E-state index in [1.807, 2.05) is 24.3 Å². The minimum atomic E-state index is -0.283. The molecular weight excluding hydrogens is 465 g/mol. The van der Waals surface area contributed by atoms with E-state index in [0.717, 1.165) is 5.56 Å². The zero-order valence-electron chi connectivity index (χ0n) is 15.0. The maximum Gasteiger partial charge on any atom is 0.291 e. The van der Waals surface area contributed by atoms with Crippen LogP contribution in [0.2, 0.25) is 15.1 Å². The molecule has 0 unspecified atom stereocenters. The minimum Gasteiger partial charge on any atom is -0.457 e. The predicted molar refractivity (Wildman–Crippen MR) is 121 cm³/mol. The van der Waals surface area contributed by atoms with Crippen LogP contribution in [-0.4, -0.2) is 14.6 Å². The number of halogens is 3. The Kier molecular flexibility index (Phi) is 4.87. The van der Waals surface area contributed by atoms with Gasteiger partial charge in [0.15, 0.2) is 5.82 Å². The van der Waals surface area contributed by atoms with E-state index in [1.54, 1.807) is 36.4 Å². The van der Waals surface area contributed by atoms with Crippen LogP contribution in [0.3, 0.4) is 0 Å². The van der Waals surface area contributed by atoms with Gasteiger partial charge in [0.25, 0.3) is 5.56 Å². The van der Waals surface area contributed by atoms with Gasteiger partial charge in [0.2, 0.25) is 4.96 Å². The van der Waals surface area contributed by atoms with E-state index < -0.39 is 0 Å². The number of hydrogen-bond acceptors (Lipinski definition) is 5. The molecule has 3 heterocycles. The third kappa shape index (κ3) is 3.42. The first-order valence-electron chi connectivity index (χ1n) is 8.71. The highest BCUT2D eigenvalue weighted by molar-refractivity contribution is 7.15. The summed E-state index contributed by atoms with van der Waals surface area (Å²) >= 11 is 19.6. The molecule has 0 N–H and O–H groups in total. The summed E-state index contributed by atoms with van der Waals surface area (Å²) in [6.45, 7) is 0. The van der Waals surface area contributed by atoms with Crippen LogP contribution in [-0.2, 0) is 0 Å². The van der Waals surface area contributed by atoms with Crippen LogP contribution < -0.4 is 10.1 Å². The van der Waals surface area contributed by atoms with Crippen LogP contribution in [0, 0.1) is 0 Å². The molecule has 148 valence electrons. The molecule has 0 saturated heterocycles. The summed E-state index contributed by atoms with van der Waals surface area (Å²) in [6.07, 6.45) is 1.67. The van der Waals surface area contributed by atoms with Crippen molar-refractivity contribution < 1.29 is 4.42 Å². The van der Waals surface area contributed by atoms with Crippen LogP contribution in [0.25, 0.3) is 33.7 Å². The van der Waals surface area contributed by atoms with Gasteiger partial charge in [-0.2, -0.15) is 9.50 Å². The van der Waals surface area contributed by atoms with Gasteiger partial charge >= 0.3 is 0 Å². The Balaban J connectivity index is 1.54. The van der Waals surface area contributed by atoms with E-state index in [9.17, 15) is 4.79 Å². The first-order valence-corrected chi connectivity index (χ1v) is 10.7. The van der Waals surface area contributed by atoms with E-state index in [-0.39, 0.29) is 5.56 Å². The Hall–Kier alpha value is -2.64. The summed E-state index contributed by atoms with van der Waals surface area (Å²) < 4.78 is 7.57. The summed E-state index contributed by atoms with van der Waals surface area (Å²) in [5, 5.41) is 5.83. The summed E-state index contributed by atoms with van der Waals surface area (Å²) in [5.74, 6) is 1.52. The van der Waals surface area contributed by atoms with E-state index in [4.69, 9.17) is 39.2 Å². The fraction of sp³-hybridized carbons (Fsp3) is 0. The standard InChI is InChI=1S/C21H10Cl3N3O2S/c22-11-5-7-14(16(24)9-11)19-25-21-27(26-19)20(28)18(30-21)10-12-6-8-17(29-12)13-3-1-2-4-15(13)23/h1-10H/b18-10-. The lowest BCUT2D eigenvalue weighted by Gasteiger charge is -1.99.